The monoisotopic (exact) mass is 455 g/mol. The highest BCUT2D eigenvalue weighted by Crippen LogP contribution is 2.30. The van der Waals surface area contributed by atoms with Crippen LogP contribution in [0, 0.1) is 11.8 Å². The van der Waals surface area contributed by atoms with Gasteiger partial charge in [-0.25, -0.2) is 0 Å². The highest BCUT2D eigenvalue weighted by molar-refractivity contribution is 9.10. The Bertz CT molecular complexity index is 941. The molecule has 2 fully saturated rings. The second-order valence-corrected chi connectivity index (χ2v) is 8.48. The summed E-state index contributed by atoms with van der Waals surface area (Å²) >= 11 is 3.38. The zero-order valence-corrected chi connectivity index (χ0v) is 17.4. The summed E-state index contributed by atoms with van der Waals surface area (Å²) in [7, 11) is 0. The molecule has 0 unspecified atom stereocenters. The van der Waals surface area contributed by atoms with Crippen molar-refractivity contribution in [2.24, 2.45) is 11.8 Å². The number of carbonyl (C=O) groups excluding carboxylic acids is 3. The molecular formula is C22H22BrN3O3. The number of carbonyl (C=O) groups is 3. The van der Waals surface area contributed by atoms with Crippen LogP contribution in [0.25, 0.3) is 0 Å². The van der Waals surface area contributed by atoms with Crippen molar-refractivity contribution in [3.63, 3.8) is 0 Å². The van der Waals surface area contributed by atoms with E-state index < -0.39 is 0 Å². The molecule has 2 aromatic rings. The van der Waals surface area contributed by atoms with Gasteiger partial charge in [0.05, 0.1) is 5.92 Å². The minimum Gasteiger partial charge on any atom is -0.352 e. The molecule has 7 heteroatoms. The van der Waals surface area contributed by atoms with Crippen LogP contribution in [0.5, 0.6) is 0 Å². The van der Waals surface area contributed by atoms with Crippen molar-refractivity contribution in [2.75, 3.05) is 16.8 Å². The number of rotatable bonds is 6. The van der Waals surface area contributed by atoms with E-state index in [1.54, 1.807) is 4.90 Å². The third kappa shape index (κ3) is 4.85. The van der Waals surface area contributed by atoms with Crippen molar-refractivity contribution in [1.82, 2.24) is 5.32 Å². The normalized spacial score (nSPS) is 18.6. The number of anilines is 2. The molecule has 1 heterocycles. The van der Waals surface area contributed by atoms with Crippen molar-refractivity contribution < 1.29 is 14.4 Å². The summed E-state index contributed by atoms with van der Waals surface area (Å²) < 4.78 is 0.942. The summed E-state index contributed by atoms with van der Waals surface area (Å²) in [6.07, 6.45) is 2.12. The summed E-state index contributed by atoms with van der Waals surface area (Å²) in [5.41, 5.74) is 2.44. The molecule has 2 aliphatic rings. The molecule has 0 aromatic heterocycles. The van der Waals surface area contributed by atoms with Gasteiger partial charge in [-0.3, -0.25) is 14.4 Å². The van der Waals surface area contributed by atoms with E-state index in [4.69, 9.17) is 0 Å². The van der Waals surface area contributed by atoms with E-state index >= 15 is 0 Å². The van der Waals surface area contributed by atoms with Crippen molar-refractivity contribution in [3.8, 4) is 0 Å². The van der Waals surface area contributed by atoms with Crippen LogP contribution in [0.3, 0.4) is 0 Å². The van der Waals surface area contributed by atoms with E-state index in [1.165, 1.54) is 0 Å². The molecule has 6 nitrogen and oxygen atoms in total. The first-order chi connectivity index (χ1) is 14.0. The van der Waals surface area contributed by atoms with Crippen LogP contribution in [-0.4, -0.2) is 24.3 Å². The molecule has 0 bridgehead atoms. The Balaban J connectivity index is 1.32. The summed E-state index contributed by atoms with van der Waals surface area (Å²) in [4.78, 5) is 38.5. The molecule has 1 saturated carbocycles. The molecule has 3 amide bonds. The minimum atomic E-state index is -0.371. The van der Waals surface area contributed by atoms with E-state index in [1.807, 2.05) is 48.5 Å². The maximum Gasteiger partial charge on any atom is 0.227 e. The van der Waals surface area contributed by atoms with Gasteiger partial charge >= 0.3 is 0 Å². The minimum absolute atomic E-state index is 0.0442. The lowest BCUT2D eigenvalue weighted by molar-refractivity contribution is -0.126. The SMILES string of the molecule is O=C(Nc1cccc(CNC(=O)[C@H]2CC(=O)N(c3ccc(Br)cc3)C2)c1)C1CC1. The summed E-state index contributed by atoms with van der Waals surface area (Å²) in [5.74, 6) is -0.345. The van der Waals surface area contributed by atoms with Crippen LogP contribution in [-0.2, 0) is 20.9 Å². The Morgan fingerprint density at radius 3 is 2.52 bits per heavy atom. The van der Waals surface area contributed by atoms with Gasteiger partial charge in [0.2, 0.25) is 17.7 Å². The van der Waals surface area contributed by atoms with Gasteiger partial charge in [-0.2, -0.15) is 0 Å². The molecule has 1 atom stereocenters. The van der Waals surface area contributed by atoms with Crippen LogP contribution >= 0.6 is 15.9 Å². The molecule has 1 saturated heterocycles. The average molecular weight is 456 g/mol. The van der Waals surface area contributed by atoms with Gasteiger partial charge in [0, 0.05) is 41.3 Å². The first-order valence-corrected chi connectivity index (χ1v) is 10.5. The van der Waals surface area contributed by atoms with Gasteiger partial charge < -0.3 is 15.5 Å². The van der Waals surface area contributed by atoms with E-state index in [9.17, 15) is 14.4 Å². The molecule has 2 aromatic carbocycles. The fourth-order valence-electron chi connectivity index (χ4n) is 3.44. The molecule has 29 heavy (non-hydrogen) atoms. The maximum atomic E-state index is 12.6. The Morgan fingerprint density at radius 2 is 1.79 bits per heavy atom. The van der Waals surface area contributed by atoms with Crippen LogP contribution in [0.4, 0.5) is 11.4 Å². The van der Waals surface area contributed by atoms with Crippen LogP contribution in [0.1, 0.15) is 24.8 Å². The highest BCUT2D eigenvalue weighted by Gasteiger charge is 2.35. The lowest BCUT2D eigenvalue weighted by atomic mass is 10.1. The molecule has 2 N–H and O–H groups in total. The van der Waals surface area contributed by atoms with Gasteiger partial charge in [-0.1, -0.05) is 28.1 Å². The highest BCUT2D eigenvalue weighted by atomic mass is 79.9. The van der Waals surface area contributed by atoms with E-state index in [0.29, 0.717) is 13.1 Å². The van der Waals surface area contributed by atoms with E-state index in [2.05, 4.69) is 26.6 Å². The summed E-state index contributed by atoms with van der Waals surface area (Å²) in [6.45, 7) is 0.735. The lowest BCUT2D eigenvalue weighted by Crippen LogP contribution is -2.32. The van der Waals surface area contributed by atoms with Crippen molar-refractivity contribution in [1.29, 1.82) is 0 Å². The second-order valence-electron chi connectivity index (χ2n) is 7.56. The van der Waals surface area contributed by atoms with Crippen molar-refractivity contribution >= 4 is 45.0 Å². The predicted octanol–water partition coefficient (Wildman–Crippen LogP) is 3.47. The zero-order chi connectivity index (χ0) is 20.4. The van der Waals surface area contributed by atoms with Gasteiger partial charge in [0.15, 0.2) is 0 Å². The summed E-state index contributed by atoms with van der Waals surface area (Å²) in [5, 5.41) is 5.83. The number of halogens is 1. The smallest absolute Gasteiger partial charge is 0.227 e. The Morgan fingerprint density at radius 1 is 1.03 bits per heavy atom. The average Bonchev–Trinajstić information content (AvgIpc) is 3.49. The molecular weight excluding hydrogens is 434 g/mol. The second kappa shape index (κ2) is 8.37. The van der Waals surface area contributed by atoms with Crippen molar-refractivity contribution in [2.45, 2.75) is 25.8 Å². The largest absolute Gasteiger partial charge is 0.352 e. The first kappa shape index (κ1) is 19.6. The third-order valence-electron chi connectivity index (χ3n) is 5.24. The Labute approximate surface area is 177 Å². The van der Waals surface area contributed by atoms with Gasteiger partial charge in [0.1, 0.15) is 0 Å². The van der Waals surface area contributed by atoms with Gasteiger partial charge in [-0.05, 0) is 54.8 Å². The number of hydrogen-bond donors (Lipinski definition) is 2. The molecule has 1 aliphatic heterocycles. The standard InChI is InChI=1S/C22H22BrN3O3/c23-17-6-8-19(9-7-17)26-13-16(11-20(26)27)21(28)24-12-14-2-1-3-18(10-14)25-22(29)15-4-5-15/h1-3,6-10,15-16H,4-5,11-13H2,(H,24,28)(H,25,29)/t16-/m0/s1. The van der Waals surface area contributed by atoms with Crippen LogP contribution in [0.15, 0.2) is 53.0 Å². The molecule has 150 valence electrons. The number of nitrogens with zero attached hydrogens (tertiary/aromatic N) is 1. The first-order valence-electron chi connectivity index (χ1n) is 9.73. The number of amides is 3. The zero-order valence-electron chi connectivity index (χ0n) is 15.9. The quantitative estimate of drug-likeness (QED) is 0.699. The molecule has 1 aliphatic carbocycles. The Kier molecular flexibility index (Phi) is 5.67. The molecule has 0 radical (unpaired) electrons. The number of nitrogens with one attached hydrogen (secondary N) is 2. The van der Waals surface area contributed by atoms with Gasteiger partial charge in [0.25, 0.3) is 0 Å². The summed E-state index contributed by atoms with van der Waals surface area (Å²) in [6, 6.07) is 15.0. The fraction of sp³-hybridized carbons (Fsp3) is 0.318. The topological polar surface area (TPSA) is 78.5 Å². The number of benzene rings is 2. The maximum absolute atomic E-state index is 12.6. The van der Waals surface area contributed by atoms with Crippen molar-refractivity contribution in [3.05, 3.63) is 58.6 Å². The fourth-order valence-corrected chi connectivity index (χ4v) is 3.70. The molecule has 0 spiro atoms. The van der Waals surface area contributed by atoms with Gasteiger partial charge in [-0.15, -0.1) is 0 Å². The Hall–Kier alpha value is -2.67. The van der Waals surface area contributed by atoms with E-state index in [-0.39, 0.29) is 36.0 Å². The van der Waals surface area contributed by atoms with Crippen LogP contribution < -0.4 is 15.5 Å². The number of hydrogen-bond acceptors (Lipinski definition) is 3. The van der Waals surface area contributed by atoms with E-state index in [0.717, 1.165) is 34.3 Å². The third-order valence-corrected chi connectivity index (χ3v) is 5.77. The molecule has 4 rings (SSSR count). The lowest BCUT2D eigenvalue weighted by Gasteiger charge is -2.17. The van der Waals surface area contributed by atoms with Crippen LogP contribution in [0.2, 0.25) is 0 Å². The predicted molar refractivity (Wildman–Crippen MR) is 114 cm³/mol.